The van der Waals surface area contributed by atoms with Crippen LogP contribution >= 0.6 is 0 Å². The fourth-order valence-corrected chi connectivity index (χ4v) is 3.80. The summed E-state index contributed by atoms with van der Waals surface area (Å²) in [5.74, 6) is 1.91. The number of nitriles is 1. The second-order valence-corrected chi connectivity index (χ2v) is 6.56. The average molecular weight is 287 g/mol. The first kappa shape index (κ1) is 14.4. The van der Waals surface area contributed by atoms with Crippen molar-refractivity contribution >= 4 is 5.88 Å². The fourth-order valence-electron chi connectivity index (χ4n) is 3.80. The summed E-state index contributed by atoms with van der Waals surface area (Å²) in [5, 5.41) is 9.38. The van der Waals surface area contributed by atoms with Gasteiger partial charge in [-0.3, -0.25) is 0 Å². The van der Waals surface area contributed by atoms with Crippen LogP contribution < -0.4 is 4.90 Å². The summed E-state index contributed by atoms with van der Waals surface area (Å²) in [6.45, 7) is 0. The molecule has 1 aromatic heterocycles. The molecule has 0 unspecified atom stereocenters. The van der Waals surface area contributed by atoms with Gasteiger partial charge in [-0.05, 0) is 25.7 Å². The topological polar surface area (TPSA) is 53.1 Å². The van der Waals surface area contributed by atoms with Crippen molar-refractivity contribution in [3.8, 4) is 6.07 Å². The molecule has 0 amide bonds. The molecule has 0 saturated heterocycles. The van der Waals surface area contributed by atoms with Crippen molar-refractivity contribution in [2.75, 3.05) is 11.9 Å². The van der Waals surface area contributed by atoms with E-state index in [1.165, 1.54) is 51.4 Å². The summed E-state index contributed by atoms with van der Waals surface area (Å²) < 4.78 is 6.05. The Labute approximate surface area is 127 Å². The molecular weight excluding hydrogens is 262 g/mol. The molecule has 0 N–H and O–H groups in total. The fraction of sp³-hybridized carbons (Fsp3) is 0.765. The van der Waals surface area contributed by atoms with Crippen LogP contribution in [0, 0.1) is 11.3 Å². The Morgan fingerprint density at radius 2 is 1.67 bits per heavy atom. The van der Waals surface area contributed by atoms with Crippen LogP contribution in [0.2, 0.25) is 0 Å². The SMILES string of the molecule is CN(c1oc(C2CCCCC2)nc1C#N)C1CCCCC1. The molecule has 1 heterocycles. The zero-order valence-corrected chi connectivity index (χ0v) is 13.0. The molecular formula is C17H25N3O. The van der Waals surface area contributed by atoms with Crippen molar-refractivity contribution in [1.29, 1.82) is 5.26 Å². The highest BCUT2D eigenvalue weighted by atomic mass is 16.4. The van der Waals surface area contributed by atoms with E-state index in [2.05, 4.69) is 23.0 Å². The largest absolute Gasteiger partial charge is 0.423 e. The van der Waals surface area contributed by atoms with E-state index in [0.29, 0.717) is 23.5 Å². The zero-order chi connectivity index (χ0) is 14.7. The van der Waals surface area contributed by atoms with Crippen LogP contribution in [-0.2, 0) is 0 Å². The lowest BCUT2D eigenvalue weighted by Crippen LogP contribution is -2.33. The van der Waals surface area contributed by atoms with Crippen molar-refractivity contribution in [1.82, 2.24) is 4.98 Å². The molecule has 2 fully saturated rings. The molecule has 21 heavy (non-hydrogen) atoms. The monoisotopic (exact) mass is 287 g/mol. The number of hydrogen-bond donors (Lipinski definition) is 0. The van der Waals surface area contributed by atoms with Gasteiger partial charge < -0.3 is 9.32 Å². The Bertz CT molecular complexity index is 505. The number of nitrogens with zero attached hydrogens (tertiary/aromatic N) is 3. The molecule has 3 rings (SSSR count). The predicted octanol–water partition coefficient (Wildman–Crippen LogP) is 4.36. The van der Waals surface area contributed by atoms with Crippen LogP contribution in [0.4, 0.5) is 5.88 Å². The number of hydrogen-bond acceptors (Lipinski definition) is 4. The van der Waals surface area contributed by atoms with Gasteiger partial charge in [-0.15, -0.1) is 0 Å². The van der Waals surface area contributed by atoms with Gasteiger partial charge in [0.25, 0.3) is 0 Å². The van der Waals surface area contributed by atoms with E-state index in [1.54, 1.807) is 0 Å². The van der Waals surface area contributed by atoms with E-state index in [4.69, 9.17) is 4.42 Å². The van der Waals surface area contributed by atoms with Crippen LogP contribution in [0.25, 0.3) is 0 Å². The van der Waals surface area contributed by atoms with Crippen molar-refractivity contribution in [3.05, 3.63) is 11.6 Å². The predicted molar refractivity (Wildman–Crippen MR) is 82.3 cm³/mol. The minimum absolute atomic E-state index is 0.416. The van der Waals surface area contributed by atoms with E-state index < -0.39 is 0 Å². The number of aromatic nitrogens is 1. The minimum atomic E-state index is 0.416. The van der Waals surface area contributed by atoms with Gasteiger partial charge in [0.1, 0.15) is 6.07 Å². The van der Waals surface area contributed by atoms with Crippen LogP contribution in [0.3, 0.4) is 0 Å². The van der Waals surface area contributed by atoms with Gasteiger partial charge in [-0.1, -0.05) is 38.5 Å². The molecule has 1 aromatic rings. The first-order valence-electron chi connectivity index (χ1n) is 8.43. The lowest BCUT2D eigenvalue weighted by Gasteiger charge is -2.30. The first-order valence-corrected chi connectivity index (χ1v) is 8.43. The number of anilines is 1. The quantitative estimate of drug-likeness (QED) is 0.828. The van der Waals surface area contributed by atoms with Crippen molar-refractivity contribution in [2.24, 2.45) is 0 Å². The van der Waals surface area contributed by atoms with E-state index in [-0.39, 0.29) is 0 Å². The maximum Gasteiger partial charge on any atom is 0.234 e. The van der Waals surface area contributed by atoms with Crippen LogP contribution in [-0.4, -0.2) is 18.1 Å². The molecule has 2 aliphatic carbocycles. The van der Waals surface area contributed by atoms with Crippen LogP contribution in [0.1, 0.15) is 81.7 Å². The Balaban J connectivity index is 1.80. The summed E-state index contributed by atoms with van der Waals surface area (Å²) in [7, 11) is 2.06. The molecule has 0 radical (unpaired) electrons. The molecule has 2 aliphatic rings. The lowest BCUT2D eigenvalue weighted by molar-refractivity contribution is 0.354. The maximum absolute atomic E-state index is 9.38. The Morgan fingerprint density at radius 1 is 1.05 bits per heavy atom. The zero-order valence-electron chi connectivity index (χ0n) is 13.0. The molecule has 4 heteroatoms. The van der Waals surface area contributed by atoms with E-state index >= 15 is 0 Å². The third-order valence-corrected chi connectivity index (χ3v) is 5.13. The summed E-state index contributed by atoms with van der Waals surface area (Å²) >= 11 is 0. The average Bonchev–Trinajstić information content (AvgIpc) is 3.00. The molecule has 0 spiro atoms. The second kappa shape index (κ2) is 6.51. The summed E-state index contributed by atoms with van der Waals surface area (Å²) in [6.07, 6.45) is 12.4. The summed E-state index contributed by atoms with van der Waals surface area (Å²) in [5.41, 5.74) is 0.476. The normalized spacial score (nSPS) is 21.1. The van der Waals surface area contributed by atoms with E-state index in [1.807, 2.05) is 0 Å². The summed E-state index contributed by atoms with van der Waals surface area (Å²) in [6, 6.07) is 2.73. The molecule has 0 aliphatic heterocycles. The summed E-state index contributed by atoms with van der Waals surface area (Å²) in [4.78, 5) is 6.66. The van der Waals surface area contributed by atoms with E-state index in [9.17, 15) is 5.26 Å². The van der Waals surface area contributed by atoms with Gasteiger partial charge in [0, 0.05) is 19.0 Å². The minimum Gasteiger partial charge on any atom is -0.423 e. The number of oxazole rings is 1. The molecule has 4 nitrogen and oxygen atoms in total. The molecule has 2 saturated carbocycles. The van der Waals surface area contributed by atoms with Crippen LogP contribution in [0.5, 0.6) is 0 Å². The third kappa shape index (κ3) is 3.07. The van der Waals surface area contributed by atoms with Gasteiger partial charge in [0.2, 0.25) is 17.5 Å². The first-order chi connectivity index (χ1) is 10.3. The highest BCUT2D eigenvalue weighted by molar-refractivity contribution is 5.48. The van der Waals surface area contributed by atoms with Gasteiger partial charge in [-0.25, -0.2) is 4.98 Å². The highest BCUT2D eigenvalue weighted by Crippen LogP contribution is 2.36. The second-order valence-electron chi connectivity index (χ2n) is 6.56. The number of rotatable bonds is 3. The van der Waals surface area contributed by atoms with Crippen molar-refractivity contribution < 1.29 is 4.42 Å². The Hall–Kier alpha value is -1.50. The van der Waals surface area contributed by atoms with Crippen molar-refractivity contribution in [3.63, 3.8) is 0 Å². The van der Waals surface area contributed by atoms with Crippen molar-refractivity contribution in [2.45, 2.75) is 76.2 Å². The van der Waals surface area contributed by atoms with Crippen LogP contribution in [0.15, 0.2) is 4.42 Å². The molecule has 0 bridgehead atoms. The van der Waals surface area contributed by atoms with Gasteiger partial charge in [0.15, 0.2) is 0 Å². The highest BCUT2D eigenvalue weighted by Gasteiger charge is 2.27. The Kier molecular flexibility index (Phi) is 4.48. The van der Waals surface area contributed by atoms with Gasteiger partial charge in [0.05, 0.1) is 0 Å². The third-order valence-electron chi connectivity index (χ3n) is 5.13. The van der Waals surface area contributed by atoms with Gasteiger partial charge in [-0.2, -0.15) is 5.26 Å². The molecule has 0 aromatic carbocycles. The molecule has 114 valence electrons. The van der Waals surface area contributed by atoms with E-state index in [0.717, 1.165) is 18.7 Å². The maximum atomic E-state index is 9.38. The molecule has 0 atom stereocenters. The standard InChI is InChI=1S/C17H25N3O/c1-20(14-10-6-3-7-11-14)17-15(12-18)19-16(21-17)13-8-4-2-5-9-13/h13-14H,2-11H2,1H3. The van der Waals surface area contributed by atoms with Gasteiger partial charge >= 0.3 is 0 Å². The lowest BCUT2D eigenvalue weighted by atomic mass is 9.89. The Morgan fingerprint density at radius 3 is 2.29 bits per heavy atom. The smallest absolute Gasteiger partial charge is 0.234 e.